The van der Waals surface area contributed by atoms with Crippen LogP contribution in [0.3, 0.4) is 0 Å². The molecule has 1 aromatic carbocycles. The van der Waals surface area contributed by atoms with Crippen molar-refractivity contribution >= 4 is 17.9 Å². The molecule has 0 aliphatic rings. The molecule has 0 fully saturated rings. The van der Waals surface area contributed by atoms with Crippen LogP contribution in [0.5, 0.6) is 5.75 Å². The first-order valence-corrected chi connectivity index (χ1v) is 4.78. The summed E-state index contributed by atoms with van der Waals surface area (Å²) in [6.45, 7) is -3.34. The summed E-state index contributed by atoms with van der Waals surface area (Å²) < 4.78 is 28.5. The number of carboxylic acids is 1. The van der Waals surface area contributed by atoms with Crippen LogP contribution >= 0.6 is 0 Å². The fourth-order valence-electron chi connectivity index (χ4n) is 1.45. The van der Waals surface area contributed by atoms with E-state index in [1.54, 1.807) is 0 Å². The van der Waals surface area contributed by atoms with Gasteiger partial charge in [0.1, 0.15) is 5.75 Å². The highest BCUT2D eigenvalue weighted by Gasteiger charge is 2.25. The maximum absolute atomic E-state index is 12.2. The van der Waals surface area contributed by atoms with Crippen LogP contribution in [0, 0.1) is 10.1 Å². The van der Waals surface area contributed by atoms with Crippen LogP contribution in [0.1, 0.15) is 15.9 Å². The number of hydrogen-bond acceptors (Lipinski definition) is 5. The number of carboxylic acid groups (broad SMARTS) is 1. The molecule has 9 heteroatoms. The van der Waals surface area contributed by atoms with Crippen molar-refractivity contribution in [2.45, 2.75) is 13.0 Å². The van der Waals surface area contributed by atoms with Crippen molar-refractivity contribution in [2.75, 3.05) is 0 Å². The number of ether oxygens (including phenoxy) is 1. The molecule has 0 aromatic heterocycles. The Balaban J connectivity index is 3.49. The fourth-order valence-corrected chi connectivity index (χ4v) is 1.45. The first-order valence-electron chi connectivity index (χ1n) is 4.78. The molecule has 0 spiro atoms. The molecule has 0 saturated heterocycles. The Morgan fingerprint density at radius 3 is 2.58 bits per heavy atom. The maximum atomic E-state index is 12.2. The minimum atomic E-state index is -3.34. The molecule has 1 N–H and O–H groups in total. The summed E-state index contributed by atoms with van der Waals surface area (Å²) in [6, 6.07) is 1.77. The number of aldehydes is 1. The summed E-state index contributed by atoms with van der Waals surface area (Å²) in [5.74, 6) is -2.27. The van der Waals surface area contributed by atoms with Gasteiger partial charge in [0.2, 0.25) is 0 Å². The van der Waals surface area contributed by atoms with Gasteiger partial charge in [0.15, 0.2) is 6.29 Å². The molecule has 0 heterocycles. The molecule has 0 unspecified atom stereocenters. The minimum absolute atomic E-state index is 0.146. The van der Waals surface area contributed by atoms with Gasteiger partial charge in [-0.15, -0.1) is 0 Å². The molecule has 0 bridgehead atoms. The molecular formula is C10H7F2NO6. The van der Waals surface area contributed by atoms with E-state index in [2.05, 4.69) is 4.74 Å². The van der Waals surface area contributed by atoms with E-state index >= 15 is 0 Å². The lowest BCUT2D eigenvalue weighted by Crippen LogP contribution is -2.11. The number of halogens is 2. The smallest absolute Gasteiger partial charge is 0.387 e. The van der Waals surface area contributed by atoms with Crippen LogP contribution in [-0.2, 0) is 11.2 Å². The van der Waals surface area contributed by atoms with Gasteiger partial charge in [-0.05, 0) is 6.07 Å². The van der Waals surface area contributed by atoms with Gasteiger partial charge in [-0.25, -0.2) is 0 Å². The Bertz CT molecular complexity index is 531. The molecule has 0 amide bonds. The molecule has 0 aliphatic heterocycles. The topological polar surface area (TPSA) is 107 Å². The maximum Gasteiger partial charge on any atom is 0.387 e. The predicted molar refractivity (Wildman–Crippen MR) is 56.5 cm³/mol. The number of hydrogen-bond donors (Lipinski definition) is 1. The van der Waals surface area contributed by atoms with Gasteiger partial charge in [0, 0.05) is 6.07 Å². The van der Waals surface area contributed by atoms with Gasteiger partial charge >= 0.3 is 12.6 Å². The van der Waals surface area contributed by atoms with Crippen molar-refractivity contribution in [3.05, 3.63) is 33.4 Å². The quantitative estimate of drug-likeness (QED) is 0.480. The van der Waals surface area contributed by atoms with E-state index in [4.69, 9.17) is 5.11 Å². The SMILES string of the molecule is O=Cc1ccc([N+](=O)[O-])c(CC(=O)O)c1OC(F)F. The van der Waals surface area contributed by atoms with E-state index < -0.39 is 40.9 Å². The zero-order valence-corrected chi connectivity index (χ0v) is 9.21. The highest BCUT2D eigenvalue weighted by molar-refractivity contribution is 5.84. The average Bonchev–Trinajstić information content (AvgIpc) is 2.29. The summed E-state index contributed by atoms with van der Waals surface area (Å²) >= 11 is 0. The van der Waals surface area contributed by atoms with Crippen LogP contribution in [-0.4, -0.2) is 28.9 Å². The van der Waals surface area contributed by atoms with E-state index in [0.29, 0.717) is 0 Å². The summed E-state index contributed by atoms with van der Waals surface area (Å²) in [4.78, 5) is 31.1. The third kappa shape index (κ3) is 3.44. The van der Waals surface area contributed by atoms with Crippen molar-refractivity contribution in [1.82, 2.24) is 0 Å². The standard InChI is InChI=1S/C10H7F2NO6/c11-10(12)19-9-5(4-14)1-2-7(13(17)18)6(9)3-8(15)16/h1-2,4,10H,3H2,(H,15,16). The highest BCUT2D eigenvalue weighted by atomic mass is 19.3. The van der Waals surface area contributed by atoms with Gasteiger partial charge in [0.25, 0.3) is 5.69 Å². The lowest BCUT2D eigenvalue weighted by atomic mass is 10.0. The monoisotopic (exact) mass is 275 g/mol. The molecule has 0 radical (unpaired) electrons. The molecule has 0 atom stereocenters. The first-order chi connectivity index (χ1) is 8.86. The van der Waals surface area contributed by atoms with E-state index in [1.165, 1.54) is 0 Å². The Morgan fingerprint density at radius 1 is 1.53 bits per heavy atom. The molecule has 19 heavy (non-hydrogen) atoms. The normalized spacial score (nSPS) is 10.3. The highest BCUT2D eigenvalue weighted by Crippen LogP contribution is 2.33. The van der Waals surface area contributed by atoms with Crippen LogP contribution < -0.4 is 4.74 Å². The van der Waals surface area contributed by atoms with Crippen LogP contribution in [0.2, 0.25) is 0 Å². The third-order valence-electron chi connectivity index (χ3n) is 2.12. The second kappa shape index (κ2) is 5.85. The molecule has 7 nitrogen and oxygen atoms in total. The van der Waals surface area contributed by atoms with Crippen molar-refractivity contribution in [3.8, 4) is 5.75 Å². The largest absolute Gasteiger partial charge is 0.481 e. The lowest BCUT2D eigenvalue weighted by molar-refractivity contribution is -0.385. The van der Waals surface area contributed by atoms with E-state index in [0.717, 1.165) is 12.1 Å². The number of carbonyl (C=O) groups excluding carboxylic acids is 1. The molecule has 1 rings (SSSR count). The molecule has 1 aromatic rings. The number of nitro groups is 1. The molecule has 0 aliphatic carbocycles. The van der Waals surface area contributed by atoms with Gasteiger partial charge in [0.05, 0.1) is 22.5 Å². The first kappa shape index (κ1) is 14.5. The van der Waals surface area contributed by atoms with Crippen LogP contribution in [0.25, 0.3) is 0 Å². The lowest BCUT2D eigenvalue weighted by Gasteiger charge is -2.11. The number of nitro benzene ring substituents is 1. The van der Waals surface area contributed by atoms with Gasteiger partial charge < -0.3 is 9.84 Å². The molecule has 0 saturated carbocycles. The fraction of sp³-hybridized carbons (Fsp3) is 0.200. The number of aliphatic carboxylic acids is 1. The van der Waals surface area contributed by atoms with E-state index in [1.807, 2.05) is 0 Å². The Labute approximate surface area is 104 Å². The number of benzene rings is 1. The van der Waals surface area contributed by atoms with Crippen LogP contribution in [0.15, 0.2) is 12.1 Å². The number of carbonyl (C=O) groups is 2. The van der Waals surface area contributed by atoms with Gasteiger partial charge in [-0.3, -0.25) is 19.7 Å². The van der Waals surface area contributed by atoms with Crippen molar-refractivity contribution < 1.29 is 33.1 Å². The Kier molecular flexibility index (Phi) is 4.46. The van der Waals surface area contributed by atoms with E-state index in [-0.39, 0.29) is 11.8 Å². The number of rotatable bonds is 6. The number of alkyl halides is 2. The molecular weight excluding hydrogens is 268 g/mol. The summed E-state index contributed by atoms with van der Waals surface area (Å²) in [5, 5.41) is 19.4. The van der Waals surface area contributed by atoms with Crippen LogP contribution in [0.4, 0.5) is 14.5 Å². The van der Waals surface area contributed by atoms with Crippen molar-refractivity contribution in [3.63, 3.8) is 0 Å². The summed E-state index contributed by atoms with van der Waals surface area (Å²) in [6.07, 6.45) is -0.771. The van der Waals surface area contributed by atoms with E-state index in [9.17, 15) is 28.5 Å². The Hall–Kier alpha value is -2.58. The predicted octanol–water partition coefficient (Wildman–Crippen LogP) is 1.64. The number of nitrogens with zero attached hydrogens (tertiary/aromatic N) is 1. The van der Waals surface area contributed by atoms with Crippen molar-refractivity contribution in [2.24, 2.45) is 0 Å². The van der Waals surface area contributed by atoms with Crippen molar-refractivity contribution in [1.29, 1.82) is 0 Å². The third-order valence-corrected chi connectivity index (χ3v) is 2.12. The summed E-state index contributed by atoms with van der Waals surface area (Å²) in [7, 11) is 0. The average molecular weight is 275 g/mol. The second-order valence-electron chi connectivity index (χ2n) is 3.31. The zero-order valence-electron chi connectivity index (χ0n) is 9.21. The minimum Gasteiger partial charge on any atom is -0.481 e. The van der Waals surface area contributed by atoms with Gasteiger partial charge in [-0.1, -0.05) is 0 Å². The molecule has 102 valence electrons. The zero-order chi connectivity index (χ0) is 14.6. The van der Waals surface area contributed by atoms with Gasteiger partial charge in [-0.2, -0.15) is 8.78 Å². The summed E-state index contributed by atoms with van der Waals surface area (Å²) in [5.41, 5.74) is -1.67. The second-order valence-corrected chi connectivity index (χ2v) is 3.31. The Morgan fingerprint density at radius 2 is 2.16 bits per heavy atom.